The Morgan fingerprint density at radius 3 is 2.85 bits per heavy atom. The molecule has 0 spiro atoms. The lowest BCUT2D eigenvalue weighted by Gasteiger charge is -2.33. The standard InChI is InChI=1S/C16H24BrNO2/c1-4-18-11-16(7-8-20-12(16)2)10-13-5-6-15(19-3)14(17)9-13/h5-6,9,12,18H,4,7-8,10-11H2,1-3H3. The summed E-state index contributed by atoms with van der Waals surface area (Å²) in [6.07, 6.45) is 2.44. The second-order valence-corrected chi connectivity index (χ2v) is 6.41. The molecule has 0 aliphatic carbocycles. The zero-order chi connectivity index (χ0) is 14.6. The zero-order valence-corrected chi connectivity index (χ0v) is 14.1. The first kappa shape index (κ1) is 15.8. The van der Waals surface area contributed by atoms with E-state index in [0.29, 0.717) is 6.10 Å². The molecule has 1 heterocycles. The molecule has 1 aliphatic rings. The molecule has 1 aromatic rings. The number of hydrogen-bond donors (Lipinski definition) is 1. The molecule has 0 saturated carbocycles. The van der Waals surface area contributed by atoms with Gasteiger partial charge >= 0.3 is 0 Å². The van der Waals surface area contributed by atoms with Crippen LogP contribution in [0, 0.1) is 5.41 Å². The molecule has 1 N–H and O–H groups in total. The van der Waals surface area contributed by atoms with Gasteiger partial charge in [0.2, 0.25) is 0 Å². The number of hydrogen-bond acceptors (Lipinski definition) is 3. The summed E-state index contributed by atoms with van der Waals surface area (Å²) in [6.45, 7) is 7.22. The molecule has 4 heteroatoms. The van der Waals surface area contributed by atoms with E-state index in [9.17, 15) is 0 Å². The SMILES string of the molecule is CCNCC1(Cc2ccc(OC)c(Br)c2)CCOC1C. The summed E-state index contributed by atoms with van der Waals surface area (Å²) >= 11 is 3.57. The highest BCUT2D eigenvalue weighted by molar-refractivity contribution is 9.10. The van der Waals surface area contributed by atoms with Gasteiger partial charge in [0.05, 0.1) is 17.7 Å². The van der Waals surface area contributed by atoms with Gasteiger partial charge in [-0.15, -0.1) is 0 Å². The lowest BCUT2D eigenvalue weighted by atomic mass is 9.76. The van der Waals surface area contributed by atoms with Crippen LogP contribution in [-0.2, 0) is 11.2 Å². The molecule has 0 radical (unpaired) electrons. The largest absolute Gasteiger partial charge is 0.496 e. The van der Waals surface area contributed by atoms with E-state index >= 15 is 0 Å². The molecule has 2 atom stereocenters. The van der Waals surface area contributed by atoms with Crippen molar-refractivity contribution in [3.05, 3.63) is 28.2 Å². The minimum absolute atomic E-state index is 0.198. The molecule has 0 bridgehead atoms. The first-order chi connectivity index (χ1) is 9.61. The Labute approximate surface area is 130 Å². The van der Waals surface area contributed by atoms with E-state index in [2.05, 4.69) is 47.2 Å². The van der Waals surface area contributed by atoms with Crippen molar-refractivity contribution in [2.24, 2.45) is 5.41 Å². The van der Waals surface area contributed by atoms with Gasteiger partial charge in [-0.3, -0.25) is 0 Å². The van der Waals surface area contributed by atoms with E-state index in [4.69, 9.17) is 9.47 Å². The van der Waals surface area contributed by atoms with E-state index in [1.807, 2.05) is 6.07 Å². The number of halogens is 1. The van der Waals surface area contributed by atoms with Crippen LogP contribution in [0.3, 0.4) is 0 Å². The van der Waals surface area contributed by atoms with E-state index in [1.54, 1.807) is 7.11 Å². The van der Waals surface area contributed by atoms with Crippen molar-refractivity contribution in [3.8, 4) is 5.75 Å². The minimum Gasteiger partial charge on any atom is -0.496 e. The monoisotopic (exact) mass is 341 g/mol. The van der Waals surface area contributed by atoms with Crippen LogP contribution in [0.1, 0.15) is 25.8 Å². The maximum atomic E-state index is 5.84. The van der Waals surface area contributed by atoms with Crippen LogP contribution >= 0.6 is 15.9 Å². The van der Waals surface area contributed by atoms with Crippen molar-refractivity contribution >= 4 is 15.9 Å². The van der Waals surface area contributed by atoms with Gasteiger partial charge in [0.25, 0.3) is 0 Å². The average molecular weight is 342 g/mol. The van der Waals surface area contributed by atoms with Gasteiger partial charge in [0, 0.05) is 18.6 Å². The molecule has 1 saturated heterocycles. The molecular formula is C16H24BrNO2. The summed E-state index contributed by atoms with van der Waals surface area (Å²) < 4.78 is 12.2. The van der Waals surface area contributed by atoms with Crippen LogP contribution in [0.25, 0.3) is 0 Å². The average Bonchev–Trinajstić information content (AvgIpc) is 2.78. The third-order valence-electron chi connectivity index (χ3n) is 4.33. The van der Waals surface area contributed by atoms with Gasteiger partial charge < -0.3 is 14.8 Å². The number of methoxy groups -OCH3 is 1. The number of rotatable bonds is 6. The molecule has 3 nitrogen and oxygen atoms in total. The quantitative estimate of drug-likeness (QED) is 0.860. The zero-order valence-electron chi connectivity index (χ0n) is 12.5. The summed E-state index contributed by atoms with van der Waals surface area (Å²) in [5.41, 5.74) is 1.53. The van der Waals surface area contributed by atoms with Gasteiger partial charge in [-0.05, 0) is 59.9 Å². The van der Waals surface area contributed by atoms with Gasteiger partial charge in [-0.1, -0.05) is 13.0 Å². The number of nitrogens with one attached hydrogen (secondary N) is 1. The molecule has 0 aromatic heterocycles. The first-order valence-electron chi connectivity index (χ1n) is 7.26. The summed E-state index contributed by atoms with van der Waals surface area (Å²) in [7, 11) is 1.69. The second kappa shape index (κ2) is 6.92. The van der Waals surface area contributed by atoms with E-state index in [-0.39, 0.29) is 5.41 Å². The number of benzene rings is 1. The minimum atomic E-state index is 0.198. The molecule has 2 unspecified atom stereocenters. The van der Waals surface area contributed by atoms with Crippen molar-refractivity contribution in [1.29, 1.82) is 0 Å². The highest BCUT2D eigenvalue weighted by atomic mass is 79.9. The summed E-state index contributed by atoms with van der Waals surface area (Å²) in [5.74, 6) is 0.880. The van der Waals surface area contributed by atoms with Crippen LogP contribution in [-0.4, -0.2) is 32.9 Å². The first-order valence-corrected chi connectivity index (χ1v) is 8.05. The van der Waals surface area contributed by atoms with Crippen molar-refractivity contribution in [2.75, 3.05) is 26.8 Å². The summed E-state index contributed by atoms with van der Waals surface area (Å²) in [5, 5.41) is 3.50. The Bertz CT molecular complexity index is 452. The van der Waals surface area contributed by atoms with E-state index in [0.717, 1.165) is 42.8 Å². The highest BCUT2D eigenvalue weighted by Gasteiger charge is 2.41. The molecule has 20 heavy (non-hydrogen) atoms. The Morgan fingerprint density at radius 2 is 2.30 bits per heavy atom. The van der Waals surface area contributed by atoms with Crippen LogP contribution in [0.15, 0.2) is 22.7 Å². The predicted octanol–water partition coefficient (Wildman–Crippen LogP) is 3.40. The molecular weight excluding hydrogens is 318 g/mol. The fraction of sp³-hybridized carbons (Fsp3) is 0.625. The third kappa shape index (κ3) is 3.35. The van der Waals surface area contributed by atoms with Crippen LogP contribution in [0.2, 0.25) is 0 Å². The Kier molecular flexibility index (Phi) is 5.47. The lowest BCUT2D eigenvalue weighted by Crippen LogP contribution is -2.41. The van der Waals surface area contributed by atoms with Crippen molar-refractivity contribution in [2.45, 2.75) is 32.8 Å². The molecule has 2 rings (SSSR count). The smallest absolute Gasteiger partial charge is 0.133 e. The van der Waals surface area contributed by atoms with Gasteiger partial charge in [-0.25, -0.2) is 0 Å². The molecule has 1 aromatic carbocycles. The topological polar surface area (TPSA) is 30.5 Å². The molecule has 1 fully saturated rings. The molecule has 1 aliphatic heterocycles. The molecule has 0 amide bonds. The fourth-order valence-electron chi connectivity index (χ4n) is 2.95. The van der Waals surface area contributed by atoms with Crippen molar-refractivity contribution in [3.63, 3.8) is 0 Å². The second-order valence-electron chi connectivity index (χ2n) is 5.55. The Balaban J connectivity index is 2.17. The van der Waals surface area contributed by atoms with Crippen LogP contribution in [0.4, 0.5) is 0 Å². The van der Waals surface area contributed by atoms with Crippen molar-refractivity contribution in [1.82, 2.24) is 5.32 Å². The predicted molar refractivity (Wildman–Crippen MR) is 85.4 cm³/mol. The maximum Gasteiger partial charge on any atom is 0.133 e. The van der Waals surface area contributed by atoms with E-state index in [1.165, 1.54) is 5.56 Å². The van der Waals surface area contributed by atoms with Gasteiger partial charge in [0.1, 0.15) is 5.75 Å². The normalized spacial score (nSPS) is 25.9. The maximum absolute atomic E-state index is 5.84. The molecule has 112 valence electrons. The van der Waals surface area contributed by atoms with Gasteiger partial charge in [0.15, 0.2) is 0 Å². The van der Waals surface area contributed by atoms with E-state index < -0.39 is 0 Å². The highest BCUT2D eigenvalue weighted by Crippen LogP contribution is 2.39. The summed E-state index contributed by atoms with van der Waals surface area (Å²) in [4.78, 5) is 0. The van der Waals surface area contributed by atoms with Gasteiger partial charge in [-0.2, -0.15) is 0 Å². The third-order valence-corrected chi connectivity index (χ3v) is 4.95. The fourth-order valence-corrected chi connectivity index (χ4v) is 3.53. The Hall–Kier alpha value is -0.580. The van der Waals surface area contributed by atoms with Crippen molar-refractivity contribution < 1.29 is 9.47 Å². The number of ether oxygens (including phenoxy) is 2. The Morgan fingerprint density at radius 1 is 1.50 bits per heavy atom. The summed E-state index contributed by atoms with van der Waals surface area (Å²) in [6, 6.07) is 6.35. The van der Waals surface area contributed by atoms with Crippen LogP contribution < -0.4 is 10.1 Å². The van der Waals surface area contributed by atoms with Crippen LogP contribution in [0.5, 0.6) is 5.75 Å². The lowest BCUT2D eigenvalue weighted by molar-refractivity contribution is 0.0633.